The normalized spacial score (nSPS) is 14.6. The highest BCUT2D eigenvalue weighted by Gasteiger charge is 2.23. The van der Waals surface area contributed by atoms with Crippen LogP contribution >= 0.6 is 23.2 Å². The van der Waals surface area contributed by atoms with Crippen molar-refractivity contribution in [3.8, 4) is 5.75 Å². The van der Waals surface area contributed by atoms with Crippen LogP contribution in [0.3, 0.4) is 0 Å². The number of benzene rings is 3. The molecule has 3 aromatic carbocycles. The molecule has 4 nitrogen and oxygen atoms in total. The zero-order valence-corrected chi connectivity index (χ0v) is 16.7. The summed E-state index contributed by atoms with van der Waals surface area (Å²) < 4.78 is 11.1. The van der Waals surface area contributed by atoms with Crippen molar-refractivity contribution in [2.24, 2.45) is 4.99 Å². The number of carbonyl (C=O) groups is 1. The molecule has 0 radical (unpaired) electrons. The number of cyclic esters (lactones) is 1. The molecule has 4 rings (SSSR count). The Labute approximate surface area is 178 Å². The molecule has 0 aliphatic carbocycles. The van der Waals surface area contributed by atoms with Gasteiger partial charge in [0.15, 0.2) is 5.70 Å². The van der Waals surface area contributed by atoms with Crippen molar-refractivity contribution >= 4 is 41.1 Å². The maximum Gasteiger partial charge on any atom is 0.363 e. The Morgan fingerprint density at radius 3 is 2.59 bits per heavy atom. The van der Waals surface area contributed by atoms with E-state index in [0.717, 1.165) is 16.7 Å². The van der Waals surface area contributed by atoms with Crippen molar-refractivity contribution in [1.82, 2.24) is 0 Å². The van der Waals surface area contributed by atoms with Gasteiger partial charge in [-0.15, -0.1) is 0 Å². The lowest BCUT2D eigenvalue weighted by atomic mass is 10.2. The number of halogens is 2. The Morgan fingerprint density at radius 1 is 0.966 bits per heavy atom. The predicted molar refractivity (Wildman–Crippen MR) is 114 cm³/mol. The first-order chi connectivity index (χ1) is 14.1. The summed E-state index contributed by atoms with van der Waals surface area (Å²) in [6, 6.07) is 21.9. The van der Waals surface area contributed by atoms with Crippen molar-refractivity contribution < 1.29 is 14.3 Å². The maximum atomic E-state index is 12.2. The lowest BCUT2D eigenvalue weighted by molar-refractivity contribution is -0.129. The summed E-state index contributed by atoms with van der Waals surface area (Å²) in [5, 5.41) is 1.12. The average Bonchev–Trinajstić information content (AvgIpc) is 3.09. The maximum absolute atomic E-state index is 12.2. The van der Waals surface area contributed by atoms with Gasteiger partial charge in [-0.2, -0.15) is 0 Å². The van der Waals surface area contributed by atoms with Crippen LogP contribution in [0.5, 0.6) is 5.75 Å². The Balaban J connectivity index is 1.51. The minimum absolute atomic E-state index is 0.238. The number of carbonyl (C=O) groups excluding carboxylic acids is 1. The number of ether oxygens (including phenoxy) is 2. The third kappa shape index (κ3) is 4.67. The first kappa shape index (κ1) is 19.2. The van der Waals surface area contributed by atoms with Crippen LogP contribution in [-0.2, 0) is 16.1 Å². The quantitative estimate of drug-likeness (QED) is 0.378. The lowest BCUT2D eigenvalue weighted by Gasteiger charge is -2.08. The summed E-state index contributed by atoms with van der Waals surface area (Å²) in [6.07, 6.45) is 1.67. The van der Waals surface area contributed by atoms with E-state index >= 15 is 0 Å². The molecule has 0 fully saturated rings. The summed E-state index contributed by atoms with van der Waals surface area (Å²) in [7, 11) is 0. The SMILES string of the molecule is O=C1OC(c2ccccc2)=N/C1=C\c1cccc(OCc2ccc(Cl)cc2Cl)c1. The molecule has 1 aliphatic rings. The van der Waals surface area contributed by atoms with Gasteiger partial charge in [0.2, 0.25) is 5.90 Å². The van der Waals surface area contributed by atoms with E-state index in [1.807, 2.05) is 60.7 Å². The molecule has 0 amide bonds. The Hall–Kier alpha value is -3.08. The van der Waals surface area contributed by atoms with Crippen molar-refractivity contribution in [3.05, 3.63) is 105 Å². The van der Waals surface area contributed by atoms with Gasteiger partial charge in [-0.25, -0.2) is 9.79 Å². The van der Waals surface area contributed by atoms with E-state index in [2.05, 4.69) is 4.99 Å². The zero-order chi connectivity index (χ0) is 20.2. The highest BCUT2D eigenvalue weighted by atomic mass is 35.5. The number of hydrogen-bond acceptors (Lipinski definition) is 4. The predicted octanol–water partition coefficient (Wildman–Crippen LogP) is 5.92. The summed E-state index contributed by atoms with van der Waals surface area (Å²) in [6.45, 7) is 0.300. The number of hydrogen-bond donors (Lipinski definition) is 0. The summed E-state index contributed by atoms with van der Waals surface area (Å²) in [5.41, 5.74) is 2.59. The molecule has 0 N–H and O–H groups in total. The lowest BCUT2D eigenvalue weighted by Crippen LogP contribution is -2.04. The highest BCUT2D eigenvalue weighted by molar-refractivity contribution is 6.35. The molecule has 0 atom stereocenters. The van der Waals surface area contributed by atoms with Crippen LogP contribution in [0, 0.1) is 0 Å². The molecule has 1 heterocycles. The number of esters is 1. The monoisotopic (exact) mass is 423 g/mol. The van der Waals surface area contributed by atoms with Gasteiger partial charge in [0.1, 0.15) is 12.4 Å². The van der Waals surface area contributed by atoms with Crippen LogP contribution < -0.4 is 4.74 Å². The van der Waals surface area contributed by atoms with Gasteiger partial charge in [0, 0.05) is 21.2 Å². The van der Waals surface area contributed by atoms with Crippen LogP contribution in [-0.4, -0.2) is 11.9 Å². The van der Waals surface area contributed by atoms with Gasteiger partial charge in [0.05, 0.1) is 0 Å². The first-order valence-electron chi connectivity index (χ1n) is 8.83. The molecular weight excluding hydrogens is 409 g/mol. The van der Waals surface area contributed by atoms with Gasteiger partial charge < -0.3 is 9.47 Å². The van der Waals surface area contributed by atoms with Crippen molar-refractivity contribution in [3.63, 3.8) is 0 Å². The molecule has 0 bridgehead atoms. The third-order valence-corrected chi connectivity index (χ3v) is 4.80. The Morgan fingerprint density at radius 2 is 1.79 bits per heavy atom. The third-order valence-electron chi connectivity index (χ3n) is 4.21. The fraction of sp³-hybridized carbons (Fsp3) is 0.0435. The average molecular weight is 424 g/mol. The number of rotatable bonds is 5. The van der Waals surface area contributed by atoms with E-state index < -0.39 is 5.97 Å². The number of aliphatic imine (C=N–C) groups is 1. The van der Waals surface area contributed by atoms with Crippen LogP contribution in [0.1, 0.15) is 16.7 Å². The standard InChI is InChI=1S/C23H15Cl2NO3/c24-18-10-9-17(20(25)13-18)14-28-19-8-4-5-15(11-19)12-21-23(27)29-22(26-21)16-6-2-1-3-7-16/h1-13H,14H2/b21-12-. The molecular formula is C23H15Cl2NO3. The van der Waals surface area contributed by atoms with E-state index in [9.17, 15) is 4.79 Å². The fourth-order valence-corrected chi connectivity index (χ4v) is 3.23. The molecule has 0 unspecified atom stereocenters. The van der Waals surface area contributed by atoms with Gasteiger partial charge in [-0.1, -0.05) is 59.6 Å². The smallest absolute Gasteiger partial charge is 0.363 e. The molecule has 144 valence electrons. The van der Waals surface area contributed by atoms with Gasteiger partial charge >= 0.3 is 5.97 Å². The van der Waals surface area contributed by atoms with E-state index in [4.69, 9.17) is 32.7 Å². The number of nitrogens with zero attached hydrogens (tertiary/aromatic N) is 1. The van der Waals surface area contributed by atoms with E-state index in [1.54, 1.807) is 18.2 Å². The van der Waals surface area contributed by atoms with Crippen molar-refractivity contribution in [2.45, 2.75) is 6.61 Å². The van der Waals surface area contributed by atoms with Crippen LogP contribution in [0.2, 0.25) is 10.0 Å². The summed E-state index contributed by atoms with van der Waals surface area (Å²) >= 11 is 12.1. The van der Waals surface area contributed by atoms with Gasteiger partial charge in [-0.3, -0.25) is 0 Å². The summed E-state index contributed by atoms with van der Waals surface area (Å²) in [5.74, 6) is 0.457. The van der Waals surface area contributed by atoms with E-state index in [-0.39, 0.29) is 5.70 Å². The Kier molecular flexibility index (Phi) is 5.65. The molecule has 0 spiro atoms. The second-order valence-corrected chi connectivity index (χ2v) is 7.14. The van der Waals surface area contributed by atoms with Gasteiger partial charge in [0.25, 0.3) is 0 Å². The first-order valence-corrected chi connectivity index (χ1v) is 9.59. The van der Waals surface area contributed by atoms with Crippen molar-refractivity contribution in [1.29, 1.82) is 0 Å². The van der Waals surface area contributed by atoms with Crippen LogP contribution in [0.25, 0.3) is 6.08 Å². The highest BCUT2D eigenvalue weighted by Crippen LogP contribution is 2.24. The molecule has 1 aliphatic heterocycles. The topological polar surface area (TPSA) is 47.9 Å². The fourth-order valence-electron chi connectivity index (χ4n) is 2.77. The summed E-state index contributed by atoms with van der Waals surface area (Å²) in [4.78, 5) is 16.5. The second-order valence-electron chi connectivity index (χ2n) is 6.30. The largest absolute Gasteiger partial charge is 0.489 e. The molecule has 0 saturated carbocycles. The zero-order valence-electron chi connectivity index (χ0n) is 15.1. The molecule has 29 heavy (non-hydrogen) atoms. The van der Waals surface area contributed by atoms with Gasteiger partial charge in [-0.05, 0) is 48.0 Å². The molecule has 3 aromatic rings. The van der Waals surface area contributed by atoms with Crippen LogP contribution in [0.15, 0.2) is 83.5 Å². The minimum Gasteiger partial charge on any atom is -0.489 e. The molecule has 6 heteroatoms. The van der Waals surface area contributed by atoms with E-state index in [1.165, 1.54) is 0 Å². The second kappa shape index (κ2) is 8.52. The molecule has 0 saturated heterocycles. The Bertz CT molecular complexity index is 1120. The van der Waals surface area contributed by atoms with Crippen molar-refractivity contribution in [2.75, 3.05) is 0 Å². The minimum atomic E-state index is -0.483. The van der Waals surface area contributed by atoms with E-state index in [0.29, 0.717) is 28.3 Å². The molecule has 0 aromatic heterocycles. The van der Waals surface area contributed by atoms with Crippen LogP contribution in [0.4, 0.5) is 0 Å².